The van der Waals surface area contributed by atoms with E-state index in [0.717, 1.165) is 17.0 Å². The van der Waals surface area contributed by atoms with Gasteiger partial charge in [0.15, 0.2) is 0 Å². The Morgan fingerprint density at radius 3 is 2.65 bits per heavy atom. The van der Waals surface area contributed by atoms with Crippen LogP contribution in [0.5, 0.6) is 0 Å². The first kappa shape index (κ1) is 15.4. The van der Waals surface area contributed by atoms with Crippen LogP contribution in [0.3, 0.4) is 0 Å². The molecular weight excluding hydrogens is 293 g/mol. The van der Waals surface area contributed by atoms with E-state index in [2.05, 4.69) is 5.32 Å². The second-order valence-electron chi connectivity index (χ2n) is 4.47. The molecule has 0 bridgehead atoms. The highest BCUT2D eigenvalue weighted by molar-refractivity contribution is 7.99. The Morgan fingerprint density at radius 1 is 1.20 bits per heavy atom. The molecule has 1 unspecified atom stereocenters. The van der Waals surface area contributed by atoms with Crippen molar-refractivity contribution in [2.45, 2.75) is 29.7 Å². The predicted molar refractivity (Wildman–Crippen MR) is 84.1 cm³/mol. The van der Waals surface area contributed by atoms with Gasteiger partial charge in [0.05, 0.1) is 9.92 Å². The van der Waals surface area contributed by atoms with Gasteiger partial charge in [-0.3, -0.25) is 0 Å². The molecule has 1 N–H and O–H groups in total. The van der Waals surface area contributed by atoms with Crippen molar-refractivity contribution in [3.05, 3.63) is 58.9 Å². The summed E-state index contributed by atoms with van der Waals surface area (Å²) in [6.07, 6.45) is 0. The van der Waals surface area contributed by atoms with Gasteiger partial charge in [0, 0.05) is 10.9 Å². The minimum atomic E-state index is -0.211. The summed E-state index contributed by atoms with van der Waals surface area (Å²) in [7, 11) is 0. The van der Waals surface area contributed by atoms with Gasteiger partial charge in [0.1, 0.15) is 5.82 Å². The zero-order chi connectivity index (χ0) is 14.5. The molecule has 0 spiro atoms. The molecule has 20 heavy (non-hydrogen) atoms. The summed E-state index contributed by atoms with van der Waals surface area (Å²) in [6.45, 7) is 4.92. The largest absolute Gasteiger partial charge is 0.310 e. The lowest BCUT2D eigenvalue weighted by Crippen LogP contribution is -2.18. The lowest BCUT2D eigenvalue weighted by atomic mass is 10.1. The third-order valence-electron chi connectivity index (χ3n) is 3.02. The highest BCUT2D eigenvalue weighted by Gasteiger charge is 2.15. The molecule has 4 heteroatoms. The second kappa shape index (κ2) is 7.11. The third-order valence-corrected chi connectivity index (χ3v) is 4.68. The molecule has 0 aliphatic rings. The lowest BCUT2D eigenvalue weighted by Gasteiger charge is -2.17. The van der Waals surface area contributed by atoms with Crippen LogP contribution >= 0.6 is 23.4 Å². The second-order valence-corrected chi connectivity index (χ2v) is 5.93. The van der Waals surface area contributed by atoms with Crippen LogP contribution in [-0.2, 0) is 0 Å². The van der Waals surface area contributed by atoms with E-state index in [1.165, 1.54) is 17.8 Å². The minimum Gasteiger partial charge on any atom is -0.310 e. The zero-order valence-electron chi connectivity index (χ0n) is 11.5. The smallest absolute Gasteiger partial charge is 0.137 e. The Labute approximate surface area is 128 Å². The van der Waals surface area contributed by atoms with Gasteiger partial charge in [-0.2, -0.15) is 0 Å². The SMILES string of the molecule is CCNC(C)c1cccc(F)c1Sc1ccccc1Cl. The molecule has 0 heterocycles. The van der Waals surface area contributed by atoms with E-state index in [-0.39, 0.29) is 11.9 Å². The Bertz CT molecular complexity index is 588. The lowest BCUT2D eigenvalue weighted by molar-refractivity contribution is 0.558. The molecule has 2 aromatic carbocycles. The molecule has 106 valence electrons. The fourth-order valence-electron chi connectivity index (χ4n) is 2.03. The molecule has 1 nitrogen and oxygen atoms in total. The summed E-state index contributed by atoms with van der Waals surface area (Å²) in [5, 5.41) is 3.96. The van der Waals surface area contributed by atoms with Crippen LogP contribution in [-0.4, -0.2) is 6.54 Å². The molecule has 0 saturated carbocycles. The Kier molecular flexibility index (Phi) is 5.46. The summed E-state index contributed by atoms with van der Waals surface area (Å²) in [5.74, 6) is -0.211. The van der Waals surface area contributed by atoms with Crippen molar-refractivity contribution in [3.63, 3.8) is 0 Å². The van der Waals surface area contributed by atoms with Crippen LogP contribution in [0.4, 0.5) is 4.39 Å². The predicted octanol–water partition coefficient (Wildman–Crippen LogP) is 5.30. The van der Waals surface area contributed by atoms with E-state index < -0.39 is 0 Å². The van der Waals surface area contributed by atoms with Gasteiger partial charge < -0.3 is 5.32 Å². The quantitative estimate of drug-likeness (QED) is 0.804. The Hall–Kier alpha value is -1.03. The van der Waals surface area contributed by atoms with E-state index in [1.807, 2.05) is 44.2 Å². The fourth-order valence-corrected chi connectivity index (χ4v) is 3.34. The molecule has 0 saturated heterocycles. The van der Waals surface area contributed by atoms with E-state index >= 15 is 0 Å². The number of hydrogen-bond acceptors (Lipinski definition) is 2. The summed E-state index contributed by atoms with van der Waals surface area (Å²) in [5.41, 5.74) is 0.955. The van der Waals surface area contributed by atoms with Crippen molar-refractivity contribution >= 4 is 23.4 Å². The molecule has 1 atom stereocenters. The van der Waals surface area contributed by atoms with Crippen molar-refractivity contribution < 1.29 is 4.39 Å². The van der Waals surface area contributed by atoms with Gasteiger partial charge >= 0.3 is 0 Å². The fraction of sp³-hybridized carbons (Fsp3) is 0.250. The normalized spacial score (nSPS) is 12.4. The third kappa shape index (κ3) is 3.54. The first-order valence-electron chi connectivity index (χ1n) is 6.57. The van der Waals surface area contributed by atoms with Crippen LogP contribution in [0.2, 0.25) is 5.02 Å². The van der Waals surface area contributed by atoms with Crippen molar-refractivity contribution in [2.75, 3.05) is 6.54 Å². The highest BCUT2D eigenvalue weighted by atomic mass is 35.5. The van der Waals surface area contributed by atoms with Gasteiger partial charge in [0.2, 0.25) is 0 Å². The van der Waals surface area contributed by atoms with Gasteiger partial charge in [-0.15, -0.1) is 0 Å². The topological polar surface area (TPSA) is 12.0 Å². The van der Waals surface area contributed by atoms with Crippen LogP contribution in [0.25, 0.3) is 0 Å². The first-order chi connectivity index (χ1) is 9.63. The van der Waals surface area contributed by atoms with Gasteiger partial charge in [0.25, 0.3) is 0 Å². The number of halogens is 2. The highest BCUT2D eigenvalue weighted by Crippen LogP contribution is 2.38. The van der Waals surface area contributed by atoms with Gasteiger partial charge in [-0.25, -0.2) is 4.39 Å². The number of nitrogens with one attached hydrogen (secondary N) is 1. The average molecular weight is 310 g/mol. The molecule has 0 aromatic heterocycles. The summed E-state index contributed by atoms with van der Waals surface area (Å²) in [6, 6.07) is 12.8. The number of rotatable bonds is 5. The van der Waals surface area contributed by atoms with E-state index in [9.17, 15) is 4.39 Å². The molecule has 0 amide bonds. The molecule has 0 aliphatic heterocycles. The molecule has 0 aliphatic carbocycles. The average Bonchev–Trinajstić information content (AvgIpc) is 2.43. The Morgan fingerprint density at radius 2 is 1.95 bits per heavy atom. The Balaban J connectivity index is 2.38. The molecule has 2 rings (SSSR count). The first-order valence-corrected chi connectivity index (χ1v) is 7.77. The van der Waals surface area contributed by atoms with Crippen LogP contribution in [0.1, 0.15) is 25.5 Å². The summed E-state index contributed by atoms with van der Waals surface area (Å²) in [4.78, 5) is 1.50. The van der Waals surface area contributed by atoms with Crippen molar-refractivity contribution in [1.29, 1.82) is 0 Å². The van der Waals surface area contributed by atoms with E-state index in [1.54, 1.807) is 6.07 Å². The maximum absolute atomic E-state index is 14.2. The van der Waals surface area contributed by atoms with Crippen molar-refractivity contribution in [1.82, 2.24) is 5.32 Å². The molecule has 2 aromatic rings. The van der Waals surface area contributed by atoms with Gasteiger partial charge in [-0.1, -0.05) is 54.6 Å². The maximum atomic E-state index is 14.2. The summed E-state index contributed by atoms with van der Waals surface area (Å²) >= 11 is 7.54. The molecular formula is C16H17ClFNS. The van der Waals surface area contributed by atoms with Gasteiger partial charge in [-0.05, 0) is 37.2 Å². The minimum absolute atomic E-state index is 0.0979. The van der Waals surface area contributed by atoms with Crippen molar-refractivity contribution in [3.8, 4) is 0 Å². The summed E-state index contributed by atoms with van der Waals surface area (Å²) < 4.78 is 14.2. The molecule has 0 fully saturated rings. The van der Waals surface area contributed by atoms with E-state index in [0.29, 0.717) is 9.92 Å². The monoisotopic (exact) mass is 309 g/mol. The van der Waals surface area contributed by atoms with Crippen LogP contribution in [0.15, 0.2) is 52.3 Å². The standard InChI is InChI=1S/C16H17ClFNS/c1-3-19-11(2)12-7-6-9-14(18)16(12)20-15-10-5-4-8-13(15)17/h4-11,19H,3H2,1-2H3. The number of benzene rings is 2. The zero-order valence-corrected chi connectivity index (χ0v) is 13.1. The van der Waals surface area contributed by atoms with E-state index in [4.69, 9.17) is 11.6 Å². The maximum Gasteiger partial charge on any atom is 0.137 e. The number of hydrogen-bond donors (Lipinski definition) is 1. The van der Waals surface area contributed by atoms with Crippen LogP contribution in [0, 0.1) is 5.82 Å². The molecule has 0 radical (unpaired) electrons. The van der Waals surface area contributed by atoms with Crippen molar-refractivity contribution in [2.24, 2.45) is 0 Å². The van der Waals surface area contributed by atoms with Crippen LogP contribution < -0.4 is 5.32 Å².